The molecule has 0 nitrogen and oxygen atoms in total. The van der Waals surface area contributed by atoms with Crippen LogP contribution in [-0.4, -0.2) is 0 Å². The van der Waals surface area contributed by atoms with Crippen molar-refractivity contribution in [3.63, 3.8) is 0 Å². The molecule has 1 aliphatic rings. The van der Waals surface area contributed by atoms with Crippen molar-refractivity contribution < 1.29 is 8.78 Å². The predicted octanol–water partition coefficient (Wildman–Crippen LogP) is 7.14. The van der Waals surface area contributed by atoms with Crippen LogP contribution in [0, 0.1) is 17.6 Å². The van der Waals surface area contributed by atoms with Gasteiger partial charge in [-0.15, -0.1) is 6.58 Å². The molecule has 1 aliphatic carbocycles. The van der Waals surface area contributed by atoms with Gasteiger partial charge in [-0.05, 0) is 79.3 Å². The van der Waals surface area contributed by atoms with E-state index in [0.29, 0.717) is 0 Å². The fourth-order valence-electron chi connectivity index (χ4n) is 3.30. The highest BCUT2D eigenvalue weighted by atomic mass is 19.1. The van der Waals surface area contributed by atoms with Crippen LogP contribution >= 0.6 is 0 Å². The summed E-state index contributed by atoms with van der Waals surface area (Å²) >= 11 is 0. The maximum absolute atomic E-state index is 11.9. The third kappa shape index (κ3) is 6.30. The minimum absolute atomic E-state index is 0.411. The highest BCUT2D eigenvalue weighted by molar-refractivity contribution is 5.47. The molecular formula is C23H26F2. The minimum Gasteiger partial charge on any atom is -0.207 e. The molecule has 1 saturated carbocycles. The molecule has 0 amide bonds. The van der Waals surface area contributed by atoms with Gasteiger partial charge >= 0.3 is 0 Å². The molecule has 1 fully saturated rings. The SMILES string of the molecule is C=CCC1CCC(c2ccc(C=C)cc2)CC1.Fc1ccc(F)cc1. The summed E-state index contributed by atoms with van der Waals surface area (Å²) in [6.07, 6.45) is 10.6. The van der Waals surface area contributed by atoms with E-state index in [1.54, 1.807) is 0 Å². The summed E-state index contributed by atoms with van der Waals surface area (Å²) in [5, 5.41) is 0. The zero-order valence-corrected chi connectivity index (χ0v) is 14.6. The van der Waals surface area contributed by atoms with Gasteiger partial charge in [-0.25, -0.2) is 8.78 Å². The number of benzene rings is 2. The lowest BCUT2D eigenvalue weighted by Crippen LogP contribution is -2.12. The smallest absolute Gasteiger partial charge is 0.123 e. The molecule has 0 heterocycles. The molecule has 3 rings (SSSR count). The Labute approximate surface area is 149 Å². The van der Waals surface area contributed by atoms with E-state index in [-0.39, 0.29) is 0 Å². The van der Waals surface area contributed by atoms with Crippen LogP contribution in [0.25, 0.3) is 6.08 Å². The summed E-state index contributed by atoms with van der Waals surface area (Å²) in [4.78, 5) is 0. The van der Waals surface area contributed by atoms with Crippen molar-refractivity contribution in [2.45, 2.75) is 38.0 Å². The first kappa shape index (κ1) is 19.1. The van der Waals surface area contributed by atoms with Gasteiger partial charge in [0.05, 0.1) is 0 Å². The number of rotatable bonds is 4. The Bertz CT molecular complexity index is 626. The molecular weight excluding hydrogens is 314 g/mol. The lowest BCUT2D eigenvalue weighted by Gasteiger charge is -2.28. The number of hydrogen-bond donors (Lipinski definition) is 0. The van der Waals surface area contributed by atoms with Crippen molar-refractivity contribution in [3.05, 3.63) is 90.5 Å². The first-order valence-electron chi connectivity index (χ1n) is 8.86. The molecule has 0 N–H and O–H groups in total. The second-order valence-corrected chi connectivity index (χ2v) is 6.55. The van der Waals surface area contributed by atoms with Crippen LogP contribution in [0.1, 0.15) is 49.1 Å². The predicted molar refractivity (Wildman–Crippen MR) is 102 cm³/mol. The molecule has 0 spiro atoms. The second kappa shape index (κ2) is 9.93. The monoisotopic (exact) mass is 340 g/mol. The molecule has 0 unspecified atom stereocenters. The van der Waals surface area contributed by atoms with E-state index in [0.717, 1.165) is 36.1 Å². The van der Waals surface area contributed by atoms with E-state index in [2.05, 4.69) is 43.5 Å². The summed E-state index contributed by atoms with van der Waals surface area (Å²) in [6.45, 7) is 7.64. The Kier molecular flexibility index (Phi) is 7.59. The quantitative estimate of drug-likeness (QED) is 0.519. The third-order valence-electron chi connectivity index (χ3n) is 4.79. The van der Waals surface area contributed by atoms with Crippen LogP contribution < -0.4 is 0 Å². The minimum atomic E-state index is -0.411. The van der Waals surface area contributed by atoms with Gasteiger partial charge < -0.3 is 0 Å². The molecule has 132 valence electrons. The second-order valence-electron chi connectivity index (χ2n) is 6.55. The highest BCUT2D eigenvalue weighted by Gasteiger charge is 2.21. The average molecular weight is 340 g/mol. The van der Waals surface area contributed by atoms with E-state index in [1.807, 2.05) is 6.08 Å². The molecule has 2 aromatic carbocycles. The van der Waals surface area contributed by atoms with Crippen molar-refractivity contribution in [2.75, 3.05) is 0 Å². The maximum atomic E-state index is 11.9. The number of halogens is 2. The Morgan fingerprint density at radius 1 is 0.800 bits per heavy atom. The average Bonchev–Trinajstić information content (AvgIpc) is 2.66. The fourth-order valence-corrected chi connectivity index (χ4v) is 3.30. The molecule has 0 bridgehead atoms. The van der Waals surface area contributed by atoms with Gasteiger partial charge in [0, 0.05) is 0 Å². The Morgan fingerprint density at radius 2 is 1.32 bits per heavy atom. The van der Waals surface area contributed by atoms with E-state index < -0.39 is 11.6 Å². The van der Waals surface area contributed by atoms with Crippen LogP contribution in [0.4, 0.5) is 8.78 Å². The zero-order valence-electron chi connectivity index (χ0n) is 14.6. The Hall–Kier alpha value is -2.22. The van der Waals surface area contributed by atoms with E-state index in [4.69, 9.17) is 0 Å². The van der Waals surface area contributed by atoms with Crippen LogP contribution in [0.15, 0.2) is 67.8 Å². The van der Waals surface area contributed by atoms with Crippen LogP contribution in [0.5, 0.6) is 0 Å². The normalized spacial score (nSPS) is 19.4. The van der Waals surface area contributed by atoms with E-state index >= 15 is 0 Å². The van der Waals surface area contributed by atoms with Crippen LogP contribution in [0.3, 0.4) is 0 Å². The Morgan fingerprint density at radius 3 is 1.76 bits per heavy atom. The lowest BCUT2D eigenvalue weighted by molar-refractivity contribution is 0.328. The van der Waals surface area contributed by atoms with Crippen molar-refractivity contribution >= 4 is 6.08 Å². The number of hydrogen-bond acceptors (Lipinski definition) is 0. The summed E-state index contributed by atoms with van der Waals surface area (Å²) in [5.41, 5.74) is 2.72. The first-order valence-corrected chi connectivity index (χ1v) is 8.86. The molecule has 2 heteroatoms. The van der Waals surface area contributed by atoms with Gasteiger partial charge in [-0.3, -0.25) is 0 Å². The molecule has 0 saturated heterocycles. The van der Waals surface area contributed by atoms with Gasteiger partial charge in [0.15, 0.2) is 0 Å². The standard InChI is InChI=1S/C17H22.C6H4F2/c1-3-5-15-8-12-17(13-9-15)16-10-6-14(4-2)7-11-16;7-5-1-2-6(8)4-3-5/h3-4,6-7,10-11,15,17H,1-2,5,8-9,12-13H2;1-4H. The summed E-state index contributed by atoms with van der Waals surface area (Å²) in [6, 6.07) is 13.2. The first-order chi connectivity index (χ1) is 12.1. The summed E-state index contributed by atoms with van der Waals surface area (Å²) in [5.74, 6) is 0.837. The summed E-state index contributed by atoms with van der Waals surface area (Å²) < 4.78 is 23.8. The van der Waals surface area contributed by atoms with E-state index in [1.165, 1.54) is 43.2 Å². The lowest BCUT2D eigenvalue weighted by atomic mass is 9.77. The molecule has 0 aromatic heterocycles. The third-order valence-corrected chi connectivity index (χ3v) is 4.79. The van der Waals surface area contributed by atoms with Crippen LogP contribution in [0.2, 0.25) is 0 Å². The van der Waals surface area contributed by atoms with E-state index in [9.17, 15) is 8.78 Å². The Balaban J connectivity index is 0.000000236. The number of allylic oxidation sites excluding steroid dienone is 1. The maximum Gasteiger partial charge on any atom is 0.123 e. The zero-order chi connectivity index (χ0) is 18.1. The van der Waals surface area contributed by atoms with Crippen molar-refractivity contribution in [2.24, 2.45) is 5.92 Å². The van der Waals surface area contributed by atoms with Gasteiger partial charge in [0.2, 0.25) is 0 Å². The van der Waals surface area contributed by atoms with Crippen molar-refractivity contribution in [1.29, 1.82) is 0 Å². The largest absolute Gasteiger partial charge is 0.207 e. The van der Waals surface area contributed by atoms with Gasteiger partial charge in [-0.2, -0.15) is 0 Å². The molecule has 0 atom stereocenters. The van der Waals surface area contributed by atoms with Gasteiger partial charge in [-0.1, -0.05) is 43.0 Å². The molecule has 2 aromatic rings. The van der Waals surface area contributed by atoms with Crippen molar-refractivity contribution in [1.82, 2.24) is 0 Å². The van der Waals surface area contributed by atoms with Crippen LogP contribution in [-0.2, 0) is 0 Å². The van der Waals surface area contributed by atoms with Gasteiger partial charge in [0.25, 0.3) is 0 Å². The fraction of sp³-hybridized carbons (Fsp3) is 0.304. The molecule has 0 aliphatic heterocycles. The topological polar surface area (TPSA) is 0 Å². The van der Waals surface area contributed by atoms with Crippen molar-refractivity contribution in [3.8, 4) is 0 Å². The molecule has 25 heavy (non-hydrogen) atoms. The van der Waals surface area contributed by atoms with Gasteiger partial charge in [0.1, 0.15) is 11.6 Å². The highest BCUT2D eigenvalue weighted by Crippen LogP contribution is 2.37. The molecule has 0 radical (unpaired) electrons. The summed E-state index contributed by atoms with van der Waals surface area (Å²) in [7, 11) is 0.